The third-order valence-corrected chi connectivity index (χ3v) is 8.02. The zero-order valence-corrected chi connectivity index (χ0v) is 14.7. The highest BCUT2D eigenvalue weighted by Crippen LogP contribution is 2.65. The van der Waals surface area contributed by atoms with E-state index < -0.39 is 5.60 Å². The summed E-state index contributed by atoms with van der Waals surface area (Å²) in [4.78, 5) is 12.1. The third-order valence-electron chi connectivity index (χ3n) is 8.02. The number of fused-ring (bicyclic) bond motifs is 5. The lowest BCUT2D eigenvalue weighted by atomic mass is 9.46. The van der Waals surface area contributed by atoms with Crippen molar-refractivity contribution in [3.63, 3.8) is 0 Å². The first kappa shape index (κ1) is 16.1. The minimum atomic E-state index is -0.736. The largest absolute Gasteiger partial charge is 0.411 e. The van der Waals surface area contributed by atoms with Crippen molar-refractivity contribution in [3.8, 4) is 0 Å². The molecule has 4 aliphatic rings. The van der Waals surface area contributed by atoms with Gasteiger partial charge in [0.05, 0.1) is 5.60 Å². The average molecular weight is 329 g/mol. The van der Waals surface area contributed by atoms with Crippen LogP contribution < -0.4 is 0 Å². The molecule has 6 atom stereocenters. The number of carbonyl (C=O) groups excluding carboxylic acids is 1. The van der Waals surface area contributed by atoms with Gasteiger partial charge in [-0.25, -0.2) is 0 Å². The van der Waals surface area contributed by atoms with Gasteiger partial charge in [0.1, 0.15) is 5.71 Å². The van der Waals surface area contributed by atoms with Crippen LogP contribution in [0.1, 0.15) is 52.9 Å². The van der Waals surface area contributed by atoms with Gasteiger partial charge in [0, 0.05) is 11.8 Å². The molecule has 0 aromatic carbocycles. The second-order valence-corrected chi connectivity index (χ2v) is 8.97. The van der Waals surface area contributed by atoms with Crippen molar-refractivity contribution in [2.24, 2.45) is 33.7 Å². The first-order chi connectivity index (χ1) is 11.2. The molecular formula is C20H27NO3. The normalized spacial score (nSPS) is 51.8. The van der Waals surface area contributed by atoms with Crippen molar-refractivity contribution in [2.45, 2.75) is 58.5 Å². The van der Waals surface area contributed by atoms with Crippen LogP contribution in [0, 0.1) is 28.6 Å². The zero-order valence-electron chi connectivity index (χ0n) is 14.7. The van der Waals surface area contributed by atoms with Crippen molar-refractivity contribution in [1.82, 2.24) is 0 Å². The predicted octanol–water partition coefficient (Wildman–Crippen LogP) is 3.49. The first-order valence-corrected chi connectivity index (χ1v) is 9.11. The van der Waals surface area contributed by atoms with E-state index in [1.807, 2.05) is 13.0 Å². The number of aliphatic hydroxyl groups is 1. The van der Waals surface area contributed by atoms with Crippen LogP contribution in [-0.4, -0.2) is 27.4 Å². The summed E-state index contributed by atoms with van der Waals surface area (Å²) in [6.07, 6.45) is 10.6. The van der Waals surface area contributed by atoms with Gasteiger partial charge in [-0.2, -0.15) is 0 Å². The van der Waals surface area contributed by atoms with Crippen LogP contribution >= 0.6 is 0 Å². The minimum absolute atomic E-state index is 0.0931. The number of rotatable bonds is 0. The number of oxime groups is 1. The Morgan fingerprint density at radius 1 is 1.25 bits per heavy atom. The third kappa shape index (κ3) is 1.83. The SMILES string of the molecule is C[C@]12C/C(=N/O)C(=O)C=C1CC[C@@H]1[C@@H]2CC[C@@]2(C)[C@H]1C=C[C@]2(C)O. The van der Waals surface area contributed by atoms with Gasteiger partial charge in [0.15, 0.2) is 0 Å². The highest BCUT2D eigenvalue weighted by molar-refractivity contribution is 6.44. The summed E-state index contributed by atoms with van der Waals surface area (Å²) in [5.74, 6) is 1.24. The molecule has 24 heavy (non-hydrogen) atoms. The molecule has 0 unspecified atom stereocenters. The number of carbonyl (C=O) groups is 1. The summed E-state index contributed by atoms with van der Waals surface area (Å²) in [6, 6.07) is 0. The zero-order chi connectivity index (χ0) is 17.3. The van der Waals surface area contributed by atoms with Crippen LogP contribution in [0.3, 0.4) is 0 Å². The molecule has 0 aromatic heterocycles. The van der Waals surface area contributed by atoms with Crippen LogP contribution in [0.25, 0.3) is 0 Å². The molecule has 0 heterocycles. The highest BCUT2D eigenvalue weighted by atomic mass is 16.4. The van der Waals surface area contributed by atoms with Crippen molar-refractivity contribution in [1.29, 1.82) is 0 Å². The Balaban J connectivity index is 1.73. The Morgan fingerprint density at radius 2 is 2.00 bits per heavy atom. The van der Waals surface area contributed by atoms with Gasteiger partial charge in [-0.15, -0.1) is 0 Å². The Bertz CT molecular complexity index is 689. The topological polar surface area (TPSA) is 69.9 Å². The lowest BCUT2D eigenvalue weighted by molar-refractivity contribution is -0.112. The summed E-state index contributed by atoms with van der Waals surface area (Å²) < 4.78 is 0. The molecule has 0 radical (unpaired) electrons. The number of hydrogen-bond acceptors (Lipinski definition) is 4. The maximum Gasteiger partial charge on any atom is 0.203 e. The second kappa shape index (κ2) is 4.81. The maximum atomic E-state index is 12.1. The van der Waals surface area contributed by atoms with E-state index in [0.29, 0.717) is 29.9 Å². The molecule has 0 spiro atoms. The molecule has 0 aromatic rings. The van der Waals surface area contributed by atoms with E-state index >= 15 is 0 Å². The average Bonchev–Trinajstić information content (AvgIpc) is 2.77. The molecule has 0 saturated heterocycles. The number of nitrogens with zero attached hydrogens (tertiary/aromatic N) is 1. The number of allylic oxidation sites excluding steroid dienone is 3. The lowest BCUT2D eigenvalue weighted by Crippen LogP contribution is -2.55. The van der Waals surface area contributed by atoms with E-state index in [1.165, 1.54) is 5.57 Å². The molecule has 0 amide bonds. The van der Waals surface area contributed by atoms with Crippen molar-refractivity contribution >= 4 is 11.5 Å². The van der Waals surface area contributed by atoms with Gasteiger partial charge >= 0.3 is 0 Å². The lowest BCUT2D eigenvalue weighted by Gasteiger charge is -2.58. The van der Waals surface area contributed by atoms with Gasteiger partial charge in [0.25, 0.3) is 0 Å². The molecule has 4 aliphatic carbocycles. The van der Waals surface area contributed by atoms with Crippen molar-refractivity contribution in [3.05, 3.63) is 23.8 Å². The van der Waals surface area contributed by atoms with Gasteiger partial charge in [-0.05, 0) is 61.9 Å². The number of ketones is 1. The van der Waals surface area contributed by atoms with Crippen LogP contribution in [0.2, 0.25) is 0 Å². The van der Waals surface area contributed by atoms with E-state index in [1.54, 1.807) is 6.08 Å². The van der Waals surface area contributed by atoms with Crippen molar-refractivity contribution in [2.75, 3.05) is 0 Å². The molecule has 2 N–H and O–H groups in total. The summed E-state index contributed by atoms with van der Waals surface area (Å²) in [7, 11) is 0. The molecular weight excluding hydrogens is 302 g/mol. The standard InChI is InChI=1S/C20H27NO3/c1-18-11-16(21-24)17(22)10-12(18)4-5-13-14(18)6-8-19(2)15(13)7-9-20(19,3)23/h7,9-10,13-15,23-24H,4-6,8,11H2,1-3H3/b21-16-/t13-,14+,15+,18+,19+,20+/m1/s1. The van der Waals surface area contributed by atoms with Gasteiger partial charge in [-0.3, -0.25) is 4.79 Å². The Morgan fingerprint density at radius 3 is 2.71 bits per heavy atom. The fourth-order valence-electron chi connectivity index (χ4n) is 6.25. The maximum absolute atomic E-state index is 12.1. The Hall–Kier alpha value is -1.42. The van der Waals surface area contributed by atoms with Crippen molar-refractivity contribution < 1.29 is 15.1 Å². The monoisotopic (exact) mass is 329 g/mol. The van der Waals surface area contributed by atoms with Gasteiger partial charge in [-0.1, -0.05) is 36.7 Å². The van der Waals surface area contributed by atoms with Crippen LogP contribution in [0.5, 0.6) is 0 Å². The smallest absolute Gasteiger partial charge is 0.203 e. The molecule has 130 valence electrons. The minimum Gasteiger partial charge on any atom is -0.411 e. The van der Waals surface area contributed by atoms with E-state index in [2.05, 4.69) is 25.1 Å². The first-order valence-electron chi connectivity index (χ1n) is 9.11. The number of hydrogen-bond donors (Lipinski definition) is 2. The molecule has 2 saturated carbocycles. The quantitative estimate of drug-likeness (QED) is 0.406. The van der Waals surface area contributed by atoms with Crippen LogP contribution in [-0.2, 0) is 4.79 Å². The fraction of sp³-hybridized carbons (Fsp3) is 0.700. The molecule has 0 bridgehead atoms. The highest BCUT2D eigenvalue weighted by Gasteiger charge is 2.60. The van der Waals surface area contributed by atoms with Gasteiger partial charge in [0.2, 0.25) is 5.78 Å². The summed E-state index contributed by atoms with van der Waals surface area (Å²) in [6.45, 7) is 6.41. The Kier molecular flexibility index (Phi) is 3.22. The van der Waals surface area contributed by atoms with E-state index in [0.717, 1.165) is 25.7 Å². The molecule has 0 aliphatic heterocycles. The fourth-order valence-corrected chi connectivity index (χ4v) is 6.25. The van der Waals surface area contributed by atoms with Gasteiger partial charge < -0.3 is 10.3 Å². The summed E-state index contributed by atoms with van der Waals surface area (Å²) in [5.41, 5.74) is 0.606. The Labute approximate surface area is 143 Å². The van der Waals surface area contributed by atoms with Crippen LogP contribution in [0.15, 0.2) is 29.0 Å². The summed E-state index contributed by atoms with van der Waals surface area (Å²) in [5, 5.41) is 23.3. The molecule has 4 nitrogen and oxygen atoms in total. The van der Waals surface area contributed by atoms with E-state index in [4.69, 9.17) is 0 Å². The van der Waals surface area contributed by atoms with E-state index in [-0.39, 0.29) is 16.6 Å². The molecule has 4 heteroatoms. The second-order valence-electron chi connectivity index (χ2n) is 8.97. The summed E-state index contributed by atoms with van der Waals surface area (Å²) >= 11 is 0. The predicted molar refractivity (Wildman–Crippen MR) is 91.8 cm³/mol. The van der Waals surface area contributed by atoms with Crippen LogP contribution in [0.4, 0.5) is 0 Å². The molecule has 2 fully saturated rings. The molecule has 4 rings (SSSR count). The van der Waals surface area contributed by atoms with E-state index in [9.17, 15) is 15.1 Å².